The van der Waals surface area contributed by atoms with Gasteiger partial charge < -0.3 is 14.5 Å². The predicted octanol–water partition coefficient (Wildman–Crippen LogP) is 2.41. The van der Waals surface area contributed by atoms with Crippen LogP contribution in [0, 0.1) is 0 Å². The van der Waals surface area contributed by atoms with Crippen LogP contribution in [-0.4, -0.2) is 34.9 Å². The molecule has 0 saturated carbocycles. The monoisotopic (exact) mass is 321 g/mol. The molecule has 118 valence electrons. The summed E-state index contributed by atoms with van der Waals surface area (Å²) in [6.45, 7) is 2.77. The van der Waals surface area contributed by atoms with Crippen molar-refractivity contribution >= 4 is 17.2 Å². The minimum absolute atomic E-state index is 0.0155. The first kappa shape index (κ1) is 15.2. The van der Waals surface area contributed by atoms with Crippen LogP contribution in [0.15, 0.2) is 21.2 Å². The van der Waals surface area contributed by atoms with E-state index in [-0.39, 0.29) is 18.1 Å². The number of nitrogens with zero attached hydrogens (tertiary/aromatic N) is 2. The standard InChI is InChI=1S/C15H19N3O3S/c1-10(12-3-2-7-20-12)16-13(19)4-5-14-17-18-15(21-14)11-6-8-22-9-11/h6,8-10,12H,2-5,7H2,1H3,(H,16,19). The number of ether oxygens (including phenoxy) is 1. The van der Waals surface area contributed by atoms with Crippen molar-refractivity contribution in [3.8, 4) is 11.5 Å². The predicted molar refractivity (Wildman–Crippen MR) is 82.5 cm³/mol. The molecule has 1 aliphatic heterocycles. The summed E-state index contributed by atoms with van der Waals surface area (Å²) in [5, 5.41) is 14.9. The van der Waals surface area contributed by atoms with Gasteiger partial charge in [-0.1, -0.05) is 0 Å². The summed E-state index contributed by atoms with van der Waals surface area (Å²) in [4.78, 5) is 12.0. The normalized spacial score (nSPS) is 19.2. The fourth-order valence-electron chi connectivity index (χ4n) is 2.49. The lowest BCUT2D eigenvalue weighted by Crippen LogP contribution is -2.40. The van der Waals surface area contributed by atoms with Gasteiger partial charge in [0.2, 0.25) is 17.7 Å². The third-order valence-electron chi connectivity index (χ3n) is 3.71. The van der Waals surface area contributed by atoms with Crippen molar-refractivity contribution in [2.24, 2.45) is 0 Å². The third kappa shape index (κ3) is 3.72. The van der Waals surface area contributed by atoms with Crippen LogP contribution in [0.5, 0.6) is 0 Å². The van der Waals surface area contributed by atoms with E-state index in [9.17, 15) is 4.79 Å². The number of rotatable bonds is 6. The number of hydrogen-bond donors (Lipinski definition) is 1. The second kappa shape index (κ2) is 7.02. The van der Waals surface area contributed by atoms with Gasteiger partial charge in [0.1, 0.15) is 0 Å². The molecule has 2 aromatic heterocycles. The molecule has 3 heterocycles. The Hall–Kier alpha value is -1.73. The molecule has 2 unspecified atom stereocenters. The maximum atomic E-state index is 12.0. The molecule has 1 N–H and O–H groups in total. The van der Waals surface area contributed by atoms with E-state index in [1.807, 2.05) is 23.8 Å². The summed E-state index contributed by atoms with van der Waals surface area (Å²) in [5.41, 5.74) is 0.917. The largest absolute Gasteiger partial charge is 0.421 e. The van der Waals surface area contributed by atoms with Gasteiger partial charge in [-0.05, 0) is 31.2 Å². The van der Waals surface area contributed by atoms with Crippen LogP contribution in [0.4, 0.5) is 0 Å². The summed E-state index contributed by atoms with van der Waals surface area (Å²) in [6, 6.07) is 1.97. The minimum atomic E-state index is -0.0155. The number of thiophene rings is 1. The van der Waals surface area contributed by atoms with Crippen molar-refractivity contribution in [3.05, 3.63) is 22.7 Å². The molecule has 1 fully saturated rings. The number of amides is 1. The summed E-state index contributed by atoms with van der Waals surface area (Å²) >= 11 is 1.58. The van der Waals surface area contributed by atoms with Crippen molar-refractivity contribution in [2.75, 3.05) is 6.61 Å². The lowest BCUT2D eigenvalue weighted by molar-refractivity contribution is -0.122. The Morgan fingerprint density at radius 2 is 2.45 bits per heavy atom. The lowest BCUT2D eigenvalue weighted by atomic mass is 10.1. The summed E-state index contributed by atoms with van der Waals surface area (Å²) in [7, 11) is 0. The van der Waals surface area contributed by atoms with Crippen molar-refractivity contribution < 1.29 is 13.9 Å². The van der Waals surface area contributed by atoms with Gasteiger partial charge in [-0.3, -0.25) is 4.79 Å². The highest BCUT2D eigenvalue weighted by Gasteiger charge is 2.23. The van der Waals surface area contributed by atoms with Crippen molar-refractivity contribution in [1.29, 1.82) is 0 Å². The summed E-state index contributed by atoms with van der Waals surface area (Å²) in [6.07, 6.45) is 2.99. The molecule has 1 saturated heterocycles. The smallest absolute Gasteiger partial charge is 0.248 e. The Labute approximate surface area is 132 Å². The van der Waals surface area contributed by atoms with E-state index in [0.29, 0.717) is 24.6 Å². The molecule has 22 heavy (non-hydrogen) atoms. The van der Waals surface area contributed by atoms with Crippen LogP contribution in [0.1, 0.15) is 32.1 Å². The molecular formula is C15H19N3O3S. The van der Waals surface area contributed by atoms with Gasteiger partial charge in [0, 0.05) is 30.4 Å². The van der Waals surface area contributed by atoms with Crippen LogP contribution in [-0.2, 0) is 16.0 Å². The first-order valence-electron chi connectivity index (χ1n) is 7.48. The minimum Gasteiger partial charge on any atom is -0.421 e. The molecule has 0 aromatic carbocycles. The van der Waals surface area contributed by atoms with Crippen LogP contribution >= 0.6 is 11.3 Å². The van der Waals surface area contributed by atoms with E-state index < -0.39 is 0 Å². The number of hydrogen-bond acceptors (Lipinski definition) is 6. The van der Waals surface area contributed by atoms with Crippen molar-refractivity contribution in [1.82, 2.24) is 15.5 Å². The maximum absolute atomic E-state index is 12.0. The summed E-state index contributed by atoms with van der Waals surface area (Å²) in [5.74, 6) is 0.976. The highest BCUT2D eigenvalue weighted by molar-refractivity contribution is 7.08. The van der Waals surface area contributed by atoms with E-state index >= 15 is 0 Å². The second-order valence-electron chi connectivity index (χ2n) is 5.42. The van der Waals surface area contributed by atoms with Gasteiger partial charge in [0.25, 0.3) is 0 Å². The molecule has 6 nitrogen and oxygen atoms in total. The molecule has 2 aromatic rings. The fourth-order valence-corrected chi connectivity index (χ4v) is 3.12. The Kier molecular flexibility index (Phi) is 4.84. The third-order valence-corrected chi connectivity index (χ3v) is 4.40. The molecule has 7 heteroatoms. The second-order valence-corrected chi connectivity index (χ2v) is 6.20. The molecular weight excluding hydrogens is 302 g/mol. The Morgan fingerprint density at radius 3 is 3.18 bits per heavy atom. The molecule has 0 spiro atoms. The molecule has 0 radical (unpaired) electrons. The van der Waals surface area contributed by atoms with E-state index in [2.05, 4.69) is 15.5 Å². The molecule has 2 atom stereocenters. The maximum Gasteiger partial charge on any atom is 0.248 e. The average Bonchev–Trinajstić information content (AvgIpc) is 3.25. The van der Waals surface area contributed by atoms with Gasteiger partial charge >= 0.3 is 0 Å². The zero-order valence-corrected chi connectivity index (χ0v) is 13.3. The topological polar surface area (TPSA) is 77.3 Å². The van der Waals surface area contributed by atoms with Gasteiger partial charge in [-0.15, -0.1) is 10.2 Å². The first-order chi connectivity index (χ1) is 10.7. The van der Waals surface area contributed by atoms with Crippen LogP contribution in [0.2, 0.25) is 0 Å². The Bertz CT molecular complexity index is 605. The zero-order chi connectivity index (χ0) is 15.4. The van der Waals surface area contributed by atoms with E-state index in [1.165, 1.54) is 0 Å². The van der Waals surface area contributed by atoms with Gasteiger partial charge in [0.05, 0.1) is 12.1 Å². The quantitative estimate of drug-likeness (QED) is 0.884. The Balaban J connectivity index is 1.46. The fraction of sp³-hybridized carbons (Fsp3) is 0.533. The van der Waals surface area contributed by atoms with Gasteiger partial charge in [0.15, 0.2) is 0 Å². The molecule has 0 bridgehead atoms. The molecule has 3 rings (SSSR count). The zero-order valence-electron chi connectivity index (χ0n) is 12.4. The summed E-state index contributed by atoms with van der Waals surface area (Å²) < 4.78 is 11.1. The number of nitrogens with one attached hydrogen (secondary N) is 1. The molecule has 1 aliphatic rings. The van der Waals surface area contributed by atoms with Crippen molar-refractivity contribution in [3.63, 3.8) is 0 Å². The number of carbonyl (C=O) groups excluding carboxylic acids is 1. The first-order valence-corrected chi connectivity index (χ1v) is 8.42. The van der Waals surface area contributed by atoms with Crippen LogP contribution in [0.3, 0.4) is 0 Å². The van der Waals surface area contributed by atoms with Gasteiger partial charge in [-0.2, -0.15) is 11.3 Å². The highest BCUT2D eigenvalue weighted by Crippen LogP contribution is 2.21. The molecule has 1 amide bonds. The van der Waals surface area contributed by atoms with Crippen LogP contribution in [0.25, 0.3) is 11.5 Å². The van der Waals surface area contributed by atoms with E-state index in [1.54, 1.807) is 11.3 Å². The SMILES string of the molecule is CC(NC(=O)CCc1nnc(-c2ccsc2)o1)C1CCCO1. The average molecular weight is 321 g/mol. The van der Waals surface area contributed by atoms with Crippen LogP contribution < -0.4 is 5.32 Å². The van der Waals surface area contributed by atoms with E-state index in [0.717, 1.165) is 25.0 Å². The van der Waals surface area contributed by atoms with Gasteiger partial charge in [-0.25, -0.2) is 0 Å². The molecule has 0 aliphatic carbocycles. The number of aryl methyl sites for hydroxylation is 1. The highest BCUT2D eigenvalue weighted by atomic mass is 32.1. The lowest BCUT2D eigenvalue weighted by Gasteiger charge is -2.19. The van der Waals surface area contributed by atoms with Crippen molar-refractivity contribution in [2.45, 2.75) is 44.8 Å². The van der Waals surface area contributed by atoms with E-state index in [4.69, 9.17) is 9.15 Å². The Morgan fingerprint density at radius 1 is 1.55 bits per heavy atom. The number of aromatic nitrogens is 2. The number of carbonyl (C=O) groups is 1.